The van der Waals surface area contributed by atoms with E-state index in [4.69, 9.17) is 9.41 Å². The van der Waals surface area contributed by atoms with Gasteiger partial charge in [-0.1, -0.05) is 115 Å². The Balaban J connectivity index is 1.02. The highest BCUT2D eigenvalue weighted by atomic mass is 16.3. The molecule has 2 aromatic heterocycles. The van der Waals surface area contributed by atoms with Crippen molar-refractivity contribution in [3.63, 3.8) is 0 Å². The number of pyridine rings is 1. The predicted octanol–water partition coefficient (Wildman–Crippen LogP) is 9.79. The van der Waals surface area contributed by atoms with Crippen LogP contribution in [0.15, 0.2) is 155 Å². The van der Waals surface area contributed by atoms with E-state index in [1.54, 1.807) is 6.20 Å². The maximum absolute atomic E-state index is 6.19. The van der Waals surface area contributed by atoms with Gasteiger partial charge in [0, 0.05) is 28.7 Å². The zero-order valence-electron chi connectivity index (χ0n) is 25.3. The van der Waals surface area contributed by atoms with E-state index in [0.717, 1.165) is 44.5 Å². The molecule has 5 nitrogen and oxygen atoms in total. The van der Waals surface area contributed by atoms with Gasteiger partial charge < -0.3 is 9.73 Å². The number of fused-ring (bicyclic) bond motifs is 6. The standard InChI is InChI=1S/C42H28N4O/c1-2-7-27(8-3-1)40-44-41(46-42(45-40)33-13-6-14-37-39(33)35-24-43-22-21-36(35)47-37)28-17-15-25(16-18-28)29-19-20-30-31-11-4-9-26-10-5-12-32(38(26)31)34(30)23-29/h1-24,40-41,44H,(H,45,46). The first kappa shape index (κ1) is 26.2. The van der Waals surface area contributed by atoms with Gasteiger partial charge in [-0.05, 0) is 73.5 Å². The van der Waals surface area contributed by atoms with Gasteiger partial charge in [-0.25, -0.2) is 4.99 Å². The molecule has 0 fully saturated rings. The number of furan rings is 1. The molecular formula is C42H28N4O. The van der Waals surface area contributed by atoms with E-state index in [2.05, 4.69) is 125 Å². The highest BCUT2D eigenvalue weighted by molar-refractivity contribution is 6.18. The normalized spacial score (nSPS) is 16.7. The number of rotatable bonds is 4. The monoisotopic (exact) mass is 604 g/mol. The van der Waals surface area contributed by atoms with Crippen molar-refractivity contribution in [2.45, 2.75) is 12.3 Å². The summed E-state index contributed by atoms with van der Waals surface area (Å²) in [5, 5.41) is 12.1. The van der Waals surface area contributed by atoms with E-state index in [1.165, 1.54) is 44.2 Å². The molecule has 8 aromatic rings. The lowest BCUT2D eigenvalue weighted by molar-refractivity contribution is 0.409. The Morgan fingerprint density at radius 3 is 2.17 bits per heavy atom. The summed E-state index contributed by atoms with van der Waals surface area (Å²) < 4.78 is 6.19. The maximum atomic E-state index is 6.19. The highest BCUT2D eigenvalue weighted by Crippen LogP contribution is 2.48. The average Bonchev–Trinajstić information content (AvgIpc) is 3.69. The van der Waals surface area contributed by atoms with Gasteiger partial charge in [0.2, 0.25) is 0 Å². The van der Waals surface area contributed by atoms with Crippen molar-refractivity contribution in [1.29, 1.82) is 0 Å². The van der Waals surface area contributed by atoms with Crippen LogP contribution in [-0.4, -0.2) is 10.8 Å². The number of nitrogens with one attached hydrogen (secondary N) is 2. The zero-order valence-corrected chi connectivity index (χ0v) is 25.3. The second-order valence-electron chi connectivity index (χ2n) is 12.3. The molecule has 0 bridgehead atoms. The van der Waals surface area contributed by atoms with Crippen LogP contribution in [0.25, 0.3) is 66.1 Å². The van der Waals surface area contributed by atoms with Gasteiger partial charge in [-0.15, -0.1) is 0 Å². The summed E-state index contributed by atoms with van der Waals surface area (Å²) in [6.07, 6.45) is 3.23. The fourth-order valence-corrected chi connectivity index (χ4v) is 7.38. The Bertz CT molecular complexity index is 2530. The van der Waals surface area contributed by atoms with Crippen molar-refractivity contribution >= 4 is 38.5 Å². The molecule has 2 aliphatic rings. The van der Waals surface area contributed by atoms with Gasteiger partial charge in [0.15, 0.2) is 0 Å². The minimum absolute atomic E-state index is 0.166. The van der Waals surface area contributed by atoms with Gasteiger partial charge in [0.25, 0.3) is 0 Å². The maximum Gasteiger partial charge on any atom is 0.138 e. The number of benzene rings is 6. The quantitative estimate of drug-likeness (QED) is 0.210. The molecule has 0 radical (unpaired) electrons. The third-order valence-electron chi connectivity index (χ3n) is 9.61. The lowest BCUT2D eigenvalue weighted by atomic mass is 9.96. The summed E-state index contributed by atoms with van der Waals surface area (Å²) in [6.45, 7) is 0. The Kier molecular flexibility index (Phi) is 5.71. The van der Waals surface area contributed by atoms with Gasteiger partial charge in [-0.3, -0.25) is 10.3 Å². The number of aliphatic imine (C=N–C) groups is 1. The minimum Gasteiger partial charge on any atom is -0.456 e. The molecule has 0 saturated carbocycles. The SMILES string of the molecule is c1ccc(C2N=C(c3cccc4oc5ccncc5c34)NC(c3ccc(-c4ccc5c(c4)-c4cccc6cccc-5c46)cc3)N2)cc1. The van der Waals surface area contributed by atoms with Gasteiger partial charge in [0.1, 0.15) is 29.3 Å². The average molecular weight is 605 g/mol. The second kappa shape index (κ2) is 10.2. The van der Waals surface area contributed by atoms with Crippen molar-refractivity contribution in [1.82, 2.24) is 15.6 Å². The number of hydrogen-bond donors (Lipinski definition) is 2. The Hall–Kier alpha value is -6.04. The molecule has 1 aliphatic carbocycles. The Morgan fingerprint density at radius 1 is 0.553 bits per heavy atom. The molecular weight excluding hydrogens is 576 g/mol. The van der Waals surface area contributed by atoms with E-state index in [-0.39, 0.29) is 12.3 Å². The number of hydrogen-bond acceptors (Lipinski definition) is 5. The van der Waals surface area contributed by atoms with Crippen LogP contribution in [0, 0.1) is 0 Å². The molecule has 3 heterocycles. The molecule has 0 saturated heterocycles. The van der Waals surface area contributed by atoms with E-state index < -0.39 is 0 Å². The first-order valence-electron chi connectivity index (χ1n) is 16.0. The summed E-state index contributed by atoms with van der Waals surface area (Å²) in [4.78, 5) is 9.58. The lowest BCUT2D eigenvalue weighted by Crippen LogP contribution is -2.45. The van der Waals surface area contributed by atoms with Crippen LogP contribution >= 0.6 is 0 Å². The van der Waals surface area contributed by atoms with Crippen molar-refractivity contribution in [3.8, 4) is 33.4 Å². The van der Waals surface area contributed by atoms with E-state index >= 15 is 0 Å². The highest BCUT2D eigenvalue weighted by Gasteiger charge is 2.27. The van der Waals surface area contributed by atoms with Crippen LogP contribution in [0.5, 0.6) is 0 Å². The molecule has 10 rings (SSSR count). The molecule has 2 unspecified atom stereocenters. The number of nitrogens with zero attached hydrogens (tertiary/aromatic N) is 2. The predicted molar refractivity (Wildman–Crippen MR) is 190 cm³/mol. The van der Waals surface area contributed by atoms with Crippen molar-refractivity contribution in [2.24, 2.45) is 4.99 Å². The first-order chi connectivity index (χ1) is 23.3. The van der Waals surface area contributed by atoms with Crippen LogP contribution in [0.4, 0.5) is 0 Å². The third-order valence-corrected chi connectivity index (χ3v) is 9.61. The summed E-state index contributed by atoms with van der Waals surface area (Å²) in [7, 11) is 0. The molecule has 2 N–H and O–H groups in total. The van der Waals surface area contributed by atoms with E-state index in [9.17, 15) is 0 Å². The van der Waals surface area contributed by atoms with E-state index in [1.807, 2.05) is 30.5 Å². The summed E-state index contributed by atoms with van der Waals surface area (Å²) in [6, 6.07) is 47.4. The van der Waals surface area contributed by atoms with Crippen LogP contribution < -0.4 is 10.6 Å². The van der Waals surface area contributed by atoms with Crippen LogP contribution in [0.2, 0.25) is 0 Å². The van der Waals surface area contributed by atoms with Crippen LogP contribution in [0.1, 0.15) is 29.0 Å². The topological polar surface area (TPSA) is 62.5 Å². The number of aromatic nitrogens is 1. The summed E-state index contributed by atoms with van der Waals surface area (Å²) in [5.74, 6) is 0.816. The zero-order chi connectivity index (χ0) is 30.9. The molecule has 0 spiro atoms. The van der Waals surface area contributed by atoms with Gasteiger partial charge >= 0.3 is 0 Å². The largest absolute Gasteiger partial charge is 0.456 e. The fourth-order valence-electron chi connectivity index (χ4n) is 7.38. The van der Waals surface area contributed by atoms with Crippen LogP contribution in [0.3, 0.4) is 0 Å². The third kappa shape index (κ3) is 4.14. The van der Waals surface area contributed by atoms with Crippen LogP contribution in [-0.2, 0) is 0 Å². The van der Waals surface area contributed by atoms with Gasteiger partial charge in [0.05, 0.1) is 0 Å². The van der Waals surface area contributed by atoms with Gasteiger partial charge in [-0.2, -0.15) is 0 Å². The van der Waals surface area contributed by atoms with Crippen molar-refractivity contribution in [3.05, 3.63) is 163 Å². The lowest BCUT2D eigenvalue weighted by Gasteiger charge is -2.32. The molecule has 1 aliphatic heterocycles. The first-order valence-corrected chi connectivity index (χ1v) is 16.0. The molecule has 47 heavy (non-hydrogen) atoms. The molecule has 5 heteroatoms. The van der Waals surface area contributed by atoms with Crippen molar-refractivity contribution < 1.29 is 4.42 Å². The Labute approximate surface area is 271 Å². The number of amidine groups is 1. The fraction of sp³-hybridized carbons (Fsp3) is 0.0476. The molecule has 6 aromatic carbocycles. The molecule has 0 amide bonds. The molecule has 222 valence electrons. The summed E-state index contributed by atoms with van der Waals surface area (Å²) in [5.41, 5.74) is 12.5. The summed E-state index contributed by atoms with van der Waals surface area (Å²) >= 11 is 0. The van der Waals surface area contributed by atoms with Crippen molar-refractivity contribution in [2.75, 3.05) is 0 Å². The smallest absolute Gasteiger partial charge is 0.138 e. The Morgan fingerprint density at radius 2 is 1.32 bits per heavy atom. The second-order valence-corrected chi connectivity index (χ2v) is 12.3. The molecule has 2 atom stereocenters. The van der Waals surface area contributed by atoms with E-state index in [0.29, 0.717) is 0 Å². The minimum atomic E-state index is -0.232.